The lowest BCUT2D eigenvalue weighted by atomic mass is 9.95. The number of anilines is 2. The molecule has 2 fully saturated rings. The summed E-state index contributed by atoms with van der Waals surface area (Å²) in [5.74, 6) is -0.141. The number of ether oxygens (including phenoxy) is 1. The van der Waals surface area contributed by atoms with Gasteiger partial charge >= 0.3 is 0 Å². The lowest BCUT2D eigenvalue weighted by Crippen LogP contribution is -2.36. The molecule has 0 radical (unpaired) electrons. The second-order valence-electron chi connectivity index (χ2n) is 7.10. The molecule has 1 saturated carbocycles. The number of hydrogen-bond donors (Lipinski definition) is 2. The molecule has 1 aliphatic heterocycles. The first-order valence-electron chi connectivity index (χ1n) is 9.73. The van der Waals surface area contributed by atoms with E-state index in [9.17, 15) is 9.59 Å². The number of carbonyl (C=O) groups is 2. The number of amides is 2. The largest absolute Gasteiger partial charge is 0.378 e. The van der Waals surface area contributed by atoms with Crippen molar-refractivity contribution in [1.82, 2.24) is 5.32 Å². The zero-order valence-electron chi connectivity index (χ0n) is 15.3. The molecule has 1 aliphatic carbocycles. The van der Waals surface area contributed by atoms with Gasteiger partial charge in [0.2, 0.25) is 11.8 Å². The van der Waals surface area contributed by atoms with Gasteiger partial charge in [0.25, 0.3) is 0 Å². The summed E-state index contributed by atoms with van der Waals surface area (Å²) < 4.78 is 5.36. The number of carbonyl (C=O) groups excluding carboxylic acids is 2. The second kappa shape index (κ2) is 9.57. The first-order valence-corrected chi connectivity index (χ1v) is 9.73. The third-order valence-corrected chi connectivity index (χ3v) is 5.08. The second-order valence-corrected chi connectivity index (χ2v) is 7.10. The zero-order chi connectivity index (χ0) is 18.2. The molecule has 6 nitrogen and oxygen atoms in total. The quantitative estimate of drug-likeness (QED) is 0.819. The summed E-state index contributed by atoms with van der Waals surface area (Å²) in [6.07, 6.45) is 6.22. The van der Waals surface area contributed by atoms with E-state index in [1.54, 1.807) is 0 Å². The molecule has 2 aliphatic rings. The topological polar surface area (TPSA) is 70.7 Å². The summed E-state index contributed by atoms with van der Waals surface area (Å²) in [4.78, 5) is 26.3. The Kier molecular flexibility index (Phi) is 6.89. The molecule has 3 rings (SSSR count). The van der Waals surface area contributed by atoms with Gasteiger partial charge in [0.15, 0.2) is 0 Å². The van der Waals surface area contributed by atoms with E-state index in [0.717, 1.165) is 50.5 Å². The standard InChI is InChI=1S/C20H29N3O3/c24-19(21-16-4-2-1-3-5-16)10-11-20(25)22-17-6-8-18(9-7-17)23-12-14-26-15-13-23/h6-9,16H,1-5,10-15H2,(H,21,24)(H,22,25). The van der Waals surface area contributed by atoms with Crippen molar-refractivity contribution in [3.05, 3.63) is 24.3 Å². The monoisotopic (exact) mass is 359 g/mol. The normalized spacial score (nSPS) is 18.4. The van der Waals surface area contributed by atoms with Crippen LogP contribution in [-0.2, 0) is 14.3 Å². The third kappa shape index (κ3) is 5.73. The van der Waals surface area contributed by atoms with Gasteiger partial charge in [-0.05, 0) is 37.1 Å². The van der Waals surface area contributed by atoms with Gasteiger partial charge in [0.1, 0.15) is 0 Å². The molecule has 1 heterocycles. The Morgan fingerprint density at radius 2 is 1.62 bits per heavy atom. The van der Waals surface area contributed by atoms with Crippen molar-refractivity contribution in [3.63, 3.8) is 0 Å². The number of rotatable bonds is 6. The molecule has 0 aromatic heterocycles. The van der Waals surface area contributed by atoms with Gasteiger partial charge in [-0.25, -0.2) is 0 Å². The van der Waals surface area contributed by atoms with Crippen LogP contribution in [0.3, 0.4) is 0 Å². The number of nitrogens with one attached hydrogen (secondary N) is 2. The summed E-state index contributed by atoms with van der Waals surface area (Å²) in [5.41, 5.74) is 1.90. The van der Waals surface area contributed by atoms with Crippen molar-refractivity contribution >= 4 is 23.2 Å². The molecule has 6 heteroatoms. The number of morpholine rings is 1. The molecule has 0 atom stereocenters. The molecule has 2 N–H and O–H groups in total. The van der Waals surface area contributed by atoms with Crippen molar-refractivity contribution in [1.29, 1.82) is 0 Å². The van der Waals surface area contributed by atoms with Crippen LogP contribution in [0.4, 0.5) is 11.4 Å². The Morgan fingerprint density at radius 3 is 2.31 bits per heavy atom. The van der Waals surface area contributed by atoms with E-state index in [-0.39, 0.29) is 24.7 Å². The van der Waals surface area contributed by atoms with Crippen molar-refractivity contribution in [2.75, 3.05) is 36.5 Å². The highest BCUT2D eigenvalue weighted by atomic mass is 16.5. The maximum Gasteiger partial charge on any atom is 0.224 e. The van der Waals surface area contributed by atoms with Crippen LogP contribution < -0.4 is 15.5 Å². The first-order chi connectivity index (χ1) is 12.7. The maximum atomic E-state index is 12.1. The van der Waals surface area contributed by atoms with Gasteiger partial charge < -0.3 is 20.3 Å². The first kappa shape index (κ1) is 18.7. The molecule has 26 heavy (non-hydrogen) atoms. The highest BCUT2D eigenvalue weighted by Gasteiger charge is 2.16. The van der Waals surface area contributed by atoms with E-state index in [4.69, 9.17) is 4.74 Å². The van der Waals surface area contributed by atoms with Gasteiger partial charge in [0, 0.05) is 43.3 Å². The molecular weight excluding hydrogens is 330 g/mol. The predicted molar refractivity (Wildman–Crippen MR) is 102 cm³/mol. The molecule has 1 aromatic rings. The summed E-state index contributed by atoms with van der Waals surface area (Å²) in [7, 11) is 0. The average Bonchev–Trinajstić information content (AvgIpc) is 2.68. The molecule has 0 unspecified atom stereocenters. The van der Waals surface area contributed by atoms with Crippen LogP contribution in [-0.4, -0.2) is 44.2 Å². The van der Waals surface area contributed by atoms with Crippen LogP contribution in [0.5, 0.6) is 0 Å². The van der Waals surface area contributed by atoms with Crippen molar-refractivity contribution < 1.29 is 14.3 Å². The van der Waals surface area contributed by atoms with Crippen LogP contribution in [0.15, 0.2) is 24.3 Å². The van der Waals surface area contributed by atoms with Crippen LogP contribution in [0.25, 0.3) is 0 Å². The van der Waals surface area contributed by atoms with Crippen molar-refractivity contribution in [2.45, 2.75) is 51.0 Å². The summed E-state index contributed by atoms with van der Waals surface area (Å²) in [5, 5.41) is 5.92. The Labute approximate surface area is 155 Å². The van der Waals surface area contributed by atoms with E-state index in [0.29, 0.717) is 6.04 Å². The summed E-state index contributed by atoms with van der Waals surface area (Å²) in [6.45, 7) is 3.28. The molecule has 0 bridgehead atoms. The SMILES string of the molecule is O=C(CCC(=O)NC1CCCCC1)Nc1ccc(N2CCOCC2)cc1. The minimum absolute atomic E-state index is 0.0188. The Hall–Kier alpha value is -2.08. The Bertz CT molecular complexity index is 591. The number of benzene rings is 1. The van der Waals surface area contributed by atoms with Gasteiger partial charge in [-0.1, -0.05) is 19.3 Å². The zero-order valence-corrected chi connectivity index (χ0v) is 15.3. The van der Waals surface area contributed by atoms with E-state index in [1.165, 1.54) is 19.3 Å². The van der Waals surface area contributed by atoms with E-state index in [2.05, 4.69) is 15.5 Å². The maximum absolute atomic E-state index is 12.1. The van der Waals surface area contributed by atoms with Crippen LogP contribution >= 0.6 is 0 Å². The summed E-state index contributed by atoms with van der Waals surface area (Å²) in [6, 6.07) is 8.13. The molecule has 0 spiro atoms. The molecule has 1 saturated heterocycles. The van der Waals surface area contributed by atoms with Gasteiger partial charge in [-0.3, -0.25) is 9.59 Å². The Balaban J connectivity index is 1.39. The van der Waals surface area contributed by atoms with E-state index >= 15 is 0 Å². The smallest absolute Gasteiger partial charge is 0.224 e. The fourth-order valence-electron chi connectivity index (χ4n) is 3.57. The predicted octanol–water partition coefficient (Wildman–Crippen LogP) is 2.69. The van der Waals surface area contributed by atoms with Crippen molar-refractivity contribution in [3.8, 4) is 0 Å². The fraction of sp³-hybridized carbons (Fsp3) is 0.600. The molecule has 142 valence electrons. The Morgan fingerprint density at radius 1 is 0.962 bits per heavy atom. The van der Waals surface area contributed by atoms with Gasteiger partial charge in [-0.2, -0.15) is 0 Å². The lowest BCUT2D eigenvalue weighted by Gasteiger charge is -2.28. The van der Waals surface area contributed by atoms with Crippen LogP contribution in [0.1, 0.15) is 44.9 Å². The van der Waals surface area contributed by atoms with Crippen molar-refractivity contribution in [2.24, 2.45) is 0 Å². The molecular formula is C20H29N3O3. The highest BCUT2D eigenvalue weighted by molar-refractivity contribution is 5.93. The fourth-order valence-corrected chi connectivity index (χ4v) is 3.57. The van der Waals surface area contributed by atoms with Crippen LogP contribution in [0.2, 0.25) is 0 Å². The highest BCUT2D eigenvalue weighted by Crippen LogP contribution is 2.19. The minimum Gasteiger partial charge on any atom is -0.378 e. The van der Waals surface area contributed by atoms with E-state index in [1.807, 2.05) is 24.3 Å². The molecule has 1 aromatic carbocycles. The average molecular weight is 359 g/mol. The lowest BCUT2D eigenvalue weighted by molar-refractivity contribution is -0.125. The van der Waals surface area contributed by atoms with Gasteiger partial charge in [-0.15, -0.1) is 0 Å². The minimum atomic E-state index is -0.122. The van der Waals surface area contributed by atoms with Crippen LogP contribution in [0, 0.1) is 0 Å². The van der Waals surface area contributed by atoms with Gasteiger partial charge in [0.05, 0.1) is 13.2 Å². The third-order valence-electron chi connectivity index (χ3n) is 5.08. The van der Waals surface area contributed by atoms with E-state index < -0.39 is 0 Å². The summed E-state index contributed by atoms with van der Waals surface area (Å²) >= 11 is 0. The number of hydrogen-bond acceptors (Lipinski definition) is 4. The molecule has 2 amide bonds. The number of nitrogens with zero attached hydrogens (tertiary/aromatic N) is 1.